The van der Waals surface area contributed by atoms with Crippen LogP contribution in [0.2, 0.25) is 0 Å². The summed E-state index contributed by atoms with van der Waals surface area (Å²) in [6, 6.07) is 8.21. The number of hydrogen-bond acceptors (Lipinski definition) is 1. The molecule has 0 saturated heterocycles. The molecule has 0 fully saturated rings. The van der Waals surface area contributed by atoms with Gasteiger partial charge < -0.3 is 0 Å². The van der Waals surface area contributed by atoms with Crippen molar-refractivity contribution in [2.24, 2.45) is 0 Å². The summed E-state index contributed by atoms with van der Waals surface area (Å²) < 4.78 is 1.95. The Kier molecular flexibility index (Phi) is 3.93. The van der Waals surface area contributed by atoms with Gasteiger partial charge in [0, 0.05) is 5.56 Å². The van der Waals surface area contributed by atoms with E-state index in [4.69, 9.17) is 0 Å². The Bertz CT molecular complexity index is 620. The van der Waals surface area contributed by atoms with Crippen LogP contribution in [0.3, 0.4) is 0 Å². The molecule has 1 aromatic carbocycles. The van der Waals surface area contributed by atoms with E-state index in [0.717, 1.165) is 29.8 Å². The number of aromatic nitrogens is 2. The lowest BCUT2D eigenvalue weighted by molar-refractivity contribution is 0.720. The SMILES string of the molecule is CCCc1c(C(C)C)n(-c2cccc(C)c2)[nH]c1=O. The van der Waals surface area contributed by atoms with Gasteiger partial charge >= 0.3 is 0 Å². The number of nitrogens with one attached hydrogen (secondary N) is 1. The molecule has 19 heavy (non-hydrogen) atoms. The van der Waals surface area contributed by atoms with Crippen molar-refractivity contribution in [1.82, 2.24) is 9.78 Å². The molecule has 0 amide bonds. The molecule has 0 atom stereocenters. The summed E-state index contributed by atoms with van der Waals surface area (Å²) in [4.78, 5) is 12.1. The predicted molar refractivity (Wildman–Crippen MR) is 79.2 cm³/mol. The van der Waals surface area contributed by atoms with Crippen LogP contribution in [0.25, 0.3) is 5.69 Å². The first-order chi connectivity index (χ1) is 9.04. The second-order valence-corrected chi connectivity index (χ2v) is 5.38. The molecular formula is C16H22N2O. The molecule has 3 heteroatoms. The van der Waals surface area contributed by atoms with Crippen molar-refractivity contribution < 1.29 is 0 Å². The Hall–Kier alpha value is -1.77. The molecule has 0 saturated carbocycles. The van der Waals surface area contributed by atoms with Gasteiger partial charge in [0.2, 0.25) is 0 Å². The highest BCUT2D eigenvalue weighted by molar-refractivity contribution is 5.38. The van der Waals surface area contributed by atoms with Crippen LogP contribution >= 0.6 is 0 Å². The van der Waals surface area contributed by atoms with Crippen LogP contribution in [0, 0.1) is 6.92 Å². The zero-order valence-electron chi connectivity index (χ0n) is 12.2. The molecule has 0 aliphatic heterocycles. The Labute approximate surface area is 114 Å². The summed E-state index contributed by atoms with van der Waals surface area (Å²) in [7, 11) is 0. The fourth-order valence-corrected chi connectivity index (χ4v) is 2.55. The molecule has 2 rings (SSSR count). The van der Waals surface area contributed by atoms with E-state index in [1.165, 1.54) is 5.56 Å². The average Bonchev–Trinajstić information content (AvgIpc) is 2.68. The zero-order valence-corrected chi connectivity index (χ0v) is 12.2. The average molecular weight is 258 g/mol. The lowest BCUT2D eigenvalue weighted by Gasteiger charge is -2.13. The largest absolute Gasteiger partial charge is 0.268 e. The number of H-pyrrole nitrogens is 1. The minimum atomic E-state index is 0.0482. The second kappa shape index (κ2) is 5.47. The van der Waals surface area contributed by atoms with Gasteiger partial charge in [-0.05, 0) is 37.0 Å². The maximum absolute atomic E-state index is 12.1. The number of aryl methyl sites for hydroxylation is 1. The molecule has 0 unspecified atom stereocenters. The third kappa shape index (κ3) is 2.65. The van der Waals surface area contributed by atoms with Gasteiger partial charge in [0.1, 0.15) is 0 Å². The van der Waals surface area contributed by atoms with Crippen molar-refractivity contribution in [1.29, 1.82) is 0 Å². The molecule has 0 radical (unpaired) electrons. The van der Waals surface area contributed by atoms with E-state index in [2.05, 4.69) is 44.9 Å². The van der Waals surface area contributed by atoms with Gasteiger partial charge in [0.25, 0.3) is 5.56 Å². The van der Waals surface area contributed by atoms with Crippen LogP contribution < -0.4 is 5.56 Å². The Morgan fingerprint density at radius 3 is 2.63 bits per heavy atom. The Morgan fingerprint density at radius 1 is 1.32 bits per heavy atom. The summed E-state index contributed by atoms with van der Waals surface area (Å²) in [6.07, 6.45) is 1.82. The number of rotatable bonds is 4. The standard InChI is InChI=1S/C16H22N2O/c1-5-7-14-15(11(2)3)18(17-16(14)19)13-9-6-8-12(4)10-13/h6,8-11H,5,7H2,1-4H3,(H,17,19). The van der Waals surface area contributed by atoms with Gasteiger partial charge in [0.15, 0.2) is 0 Å². The van der Waals surface area contributed by atoms with Crippen molar-refractivity contribution in [3.05, 3.63) is 51.4 Å². The normalized spacial score (nSPS) is 11.2. The Balaban J connectivity index is 2.63. The van der Waals surface area contributed by atoms with Gasteiger partial charge in [0.05, 0.1) is 11.4 Å². The first-order valence-corrected chi connectivity index (χ1v) is 6.95. The maximum atomic E-state index is 12.1. The third-order valence-corrected chi connectivity index (χ3v) is 3.34. The van der Waals surface area contributed by atoms with E-state index >= 15 is 0 Å². The van der Waals surface area contributed by atoms with Crippen molar-refractivity contribution in [3.63, 3.8) is 0 Å². The topological polar surface area (TPSA) is 37.8 Å². The smallest absolute Gasteiger partial charge is 0.267 e. The third-order valence-electron chi connectivity index (χ3n) is 3.34. The van der Waals surface area contributed by atoms with Crippen molar-refractivity contribution in [2.75, 3.05) is 0 Å². The lowest BCUT2D eigenvalue weighted by atomic mass is 10.0. The summed E-state index contributed by atoms with van der Waals surface area (Å²) in [5.74, 6) is 0.320. The van der Waals surface area contributed by atoms with Crippen LogP contribution in [0.1, 0.15) is 49.9 Å². The molecule has 2 aromatic rings. The van der Waals surface area contributed by atoms with Gasteiger partial charge in [-0.2, -0.15) is 0 Å². The summed E-state index contributed by atoms with van der Waals surface area (Å²) in [5, 5.41) is 2.98. The van der Waals surface area contributed by atoms with Crippen LogP contribution in [-0.2, 0) is 6.42 Å². The summed E-state index contributed by atoms with van der Waals surface area (Å²) >= 11 is 0. The number of nitrogens with zero attached hydrogens (tertiary/aromatic N) is 1. The number of benzene rings is 1. The number of aromatic amines is 1. The van der Waals surface area contributed by atoms with Gasteiger partial charge in [-0.25, -0.2) is 0 Å². The van der Waals surface area contributed by atoms with E-state index in [0.29, 0.717) is 5.92 Å². The van der Waals surface area contributed by atoms with Crippen LogP contribution in [-0.4, -0.2) is 9.78 Å². The van der Waals surface area contributed by atoms with Crippen LogP contribution in [0.4, 0.5) is 0 Å². The summed E-state index contributed by atoms with van der Waals surface area (Å²) in [6.45, 7) is 8.43. The molecule has 1 N–H and O–H groups in total. The van der Waals surface area contributed by atoms with Crippen LogP contribution in [0.5, 0.6) is 0 Å². The van der Waals surface area contributed by atoms with Gasteiger partial charge in [-0.1, -0.05) is 39.3 Å². The molecule has 1 aromatic heterocycles. The second-order valence-electron chi connectivity index (χ2n) is 5.38. The minimum Gasteiger partial charge on any atom is -0.268 e. The minimum absolute atomic E-state index is 0.0482. The first kappa shape index (κ1) is 13.7. The van der Waals surface area contributed by atoms with E-state index in [-0.39, 0.29) is 5.56 Å². The molecular weight excluding hydrogens is 236 g/mol. The fourth-order valence-electron chi connectivity index (χ4n) is 2.55. The van der Waals surface area contributed by atoms with E-state index < -0.39 is 0 Å². The monoisotopic (exact) mass is 258 g/mol. The van der Waals surface area contributed by atoms with Gasteiger partial charge in [-0.15, -0.1) is 0 Å². The van der Waals surface area contributed by atoms with E-state index in [9.17, 15) is 4.79 Å². The quantitative estimate of drug-likeness (QED) is 0.894. The van der Waals surface area contributed by atoms with Crippen LogP contribution in [0.15, 0.2) is 29.1 Å². The van der Waals surface area contributed by atoms with Crippen molar-refractivity contribution in [2.45, 2.75) is 46.5 Å². The molecule has 1 heterocycles. The molecule has 0 spiro atoms. The first-order valence-electron chi connectivity index (χ1n) is 6.95. The fraction of sp³-hybridized carbons (Fsp3) is 0.438. The van der Waals surface area contributed by atoms with E-state index in [1.807, 2.05) is 16.8 Å². The Morgan fingerprint density at radius 2 is 2.05 bits per heavy atom. The highest BCUT2D eigenvalue weighted by atomic mass is 16.1. The van der Waals surface area contributed by atoms with E-state index in [1.54, 1.807) is 0 Å². The maximum Gasteiger partial charge on any atom is 0.267 e. The molecule has 0 aliphatic rings. The predicted octanol–water partition coefficient (Wildman–Crippen LogP) is 3.55. The molecule has 0 bridgehead atoms. The highest BCUT2D eigenvalue weighted by Gasteiger charge is 2.17. The van der Waals surface area contributed by atoms with Crippen molar-refractivity contribution >= 4 is 0 Å². The molecule has 3 nitrogen and oxygen atoms in total. The molecule has 0 aliphatic carbocycles. The van der Waals surface area contributed by atoms with Gasteiger partial charge in [-0.3, -0.25) is 14.6 Å². The summed E-state index contributed by atoms with van der Waals surface area (Å²) in [5.41, 5.74) is 4.31. The molecule has 102 valence electrons. The number of hydrogen-bond donors (Lipinski definition) is 1. The van der Waals surface area contributed by atoms with Crippen molar-refractivity contribution in [3.8, 4) is 5.69 Å². The highest BCUT2D eigenvalue weighted by Crippen LogP contribution is 2.22. The lowest BCUT2D eigenvalue weighted by Crippen LogP contribution is -2.07. The zero-order chi connectivity index (χ0) is 14.0.